The number of hydrogen-bond donors (Lipinski definition) is 0. The van der Waals surface area contributed by atoms with E-state index in [1.165, 1.54) is 5.56 Å². The zero-order valence-electron chi connectivity index (χ0n) is 12.3. The SMILES string of the molecule is CCc1ccc(CC(=O)c2cccc(N(C)C)c2)nc1. The van der Waals surface area contributed by atoms with E-state index >= 15 is 0 Å². The molecular formula is C17H20N2O. The van der Waals surface area contributed by atoms with Crippen LogP contribution in [0.3, 0.4) is 0 Å². The lowest BCUT2D eigenvalue weighted by atomic mass is 10.0. The van der Waals surface area contributed by atoms with Crippen LogP contribution >= 0.6 is 0 Å². The van der Waals surface area contributed by atoms with Crippen LogP contribution in [0.1, 0.15) is 28.5 Å². The number of carbonyl (C=O) groups is 1. The number of pyridine rings is 1. The van der Waals surface area contributed by atoms with E-state index in [9.17, 15) is 4.79 Å². The molecule has 0 unspecified atom stereocenters. The molecule has 1 heterocycles. The van der Waals surface area contributed by atoms with Crippen LogP contribution in [0, 0.1) is 0 Å². The van der Waals surface area contributed by atoms with Gasteiger partial charge in [-0.2, -0.15) is 0 Å². The summed E-state index contributed by atoms with van der Waals surface area (Å²) in [6.07, 6.45) is 3.16. The van der Waals surface area contributed by atoms with Crippen molar-refractivity contribution in [2.75, 3.05) is 19.0 Å². The quantitative estimate of drug-likeness (QED) is 0.781. The highest BCUT2D eigenvalue weighted by molar-refractivity contribution is 5.98. The Labute approximate surface area is 120 Å². The lowest BCUT2D eigenvalue weighted by molar-refractivity contribution is 0.0992. The molecule has 2 rings (SSSR count). The van der Waals surface area contributed by atoms with Crippen LogP contribution in [-0.2, 0) is 12.8 Å². The number of ketones is 1. The Morgan fingerprint density at radius 1 is 1.20 bits per heavy atom. The molecule has 0 N–H and O–H groups in total. The van der Waals surface area contributed by atoms with Gasteiger partial charge < -0.3 is 4.90 Å². The average Bonchev–Trinajstić information content (AvgIpc) is 2.48. The van der Waals surface area contributed by atoms with Gasteiger partial charge in [0.25, 0.3) is 0 Å². The number of Topliss-reactive ketones (excluding diaryl/α,β-unsaturated/α-hetero) is 1. The zero-order chi connectivity index (χ0) is 14.5. The predicted molar refractivity (Wildman–Crippen MR) is 82.4 cm³/mol. The minimum absolute atomic E-state index is 0.102. The van der Waals surface area contributed by atoms with Gasteiger partial charge in [0.05, 0.1) is 6.42 Å². The topological polar surface area (TPSA) is 33.2 Å². The molecule has 1 aromatic heterocycles. The maximum Gasteiger partial charge on any atom is 0.168 e. The van der Waals surface area contributed by atoms with Gasteiger partial charge in [0.15, 0.2) is 5.78 Å². The summed E-state index contributed by atoms with van der Waals surface area (Å²) in [6, 6.07) is 11.7. The molecule has 104 valence electrons. The molecule has 1 aromatic carbocycles. The molecule has 0 saturated carbocycles. The van der Waals surface area contributed by atoms with E-state index in [1.807, 2.05) is 61.6 Å². The van der Waals surface area contributed by atoms with Crippen LogP contribution in [0.15, 0.2) is 42.6 Å². The Hall–Kier alpha value is -2.16. The Kier molecular flexibility index (Phi) is 4.51. The molecule has 0 spiro atoms. The van der Waals surface area contributed by atoms with Gasteiger partial charge in [0, 0.05) is 37.2 Å². The fourth-order valence-electron chi connectivity index (χ4n) is 1.99. The first-order valence-corrected chi connectivity index (χ1v) is 6.84. The average molecular weight is 268 g/mol. The number of aromatic nitrogens is 1. The Balaban J connectivity index is 2.12. The first-order chi connectivity index (χ1) is 9.60. The van der Waals surface area contributed by atoms with Crippen molar-refractivity contribution in [1.82, 2.24) is 4.98 Å². The second kappa shape index (κ2) is 6.33. The molecule has 0 aliphatic rings. The van der Waals surface area contributed by atoms with Crippen LogP contribution in [-0.4, -0.2) is 24.9 Å². The van der Waals surface area contributed by atoms with E-state index in [4.69, 9.17) is 0 Å². The standard InChI is InChI=1S/C17H20N2O/c1-4-13-8-9-15(18-12-13)11-17(20)14-6-5-7-16(10-14)19(2)3/h5-10,12H,4,11H2,1-3H3. The lowest BCUT2D eigenvalue weighted by Gasteiger charge is -2.13. The zero-order valence-corrected chi connectivity index (χ0v) is 12.3. The van der Waals surface area contributed by atoms with Crippen molar-refractivity contribution < 1.29 is 4.79 Å². The van der Waals surface area contributed by atoms with Gasteiger partial charge >= 0.3 is 0 Å². The normalized spacial score (nSPS) is 10.3. The summed E-state index contributed by atoms with van der Waals surface area (Å²) in [7, 11) is 3.93. The third-order valence-corrected chi connectivity index (χ3v) is 3.32. The van der Waals surface area contributed by atoms with Gasteiger partial charge in [0.1, 0.15) is 0 Å². The van der Waals surface area contributed by atoms with Crippen molar-refractivity contribution in [3.05, 3.63) is 59.4 Å². The van der Waals surface area contributed by atoms with Crippen molar-refractivity contribution in [3.8, 4) is 0 Å². The van der Waals surface area contributed by atoms with Crippen molar-refractivity contribution in [2.24, 2.45) is 0 Å². The summed E-state index contributed by atoms with van der Waals surface area (Å²) < 4.78 is 0. The van der Waals surface area contributed by atoms with Gasteiger partial charge in [-0.05, 0) is 30.2 Å². The van der Waals surface area contributed by atoms with Gasteiger partial charge in [-0.25, -0.2) is 0 Å². The molecule has 0 atom stereocenters. The minimum Gasteiger partial charge on any atom is -0.378 e. The Bertz CT molecular complexity index is 588. The third-order valence-electron chi connectivity index (χ3n) is 3.32. The molecule has 2 aromatic rings. The molecule has 0 saturated heterocycles. The summed E-state index contributed by atoms with van der Waals surface area (Å²) in [6.45, 7) is 2.09. The summed E-state index contributed by atoms with van der Waals surface area (Å²) in [5.74, 6) is 0.102. The first kappa shape index (κ1) is 14.3. The fourth-order valence-corrected chi connectivity index (χ4v) is 1.99. The van der Waals surface area contributed by atoms with Gasteiger partial charge in [-0.1, -0.05) is 25.1 Å². The van der Waals surface area contributed by atoms with E-state index in [1.54, 1.807) is 0 Å². The number of nitrogens with zero attached hydrogens (tertiary/aromatic N) is 2. The summed E-state index contributed by atoms with van der Waals surface area (Å²) in [5, 5.41) is 0. The van der Waals surface area contributed by atoms with Gasteiger partial charge in [-0.15, -0.1) is 0 Å². The Morgan fingerprint density at radius 3 is 2.60 bits per heavy atom. The number of hydrogen-bond acceptors (Lipinski definition) is 3. The van der Waals surface area contributed by atoms with E-state index in [0.717, 1.165) is 23.4 Å². The molecule has 0 aliphatic carbocycles. The number of aryl methyl sites for hydroxylation is 1. The highest BCUT2D eigenvalue weighted by Gasteiger charge is 2.09. The molecule has 0 amide bonds. The van der Waals surface area contributed by atoms with Crippen LogP contribution < -0.4 is 4.90 Å². The van der Waals surface area contributed by atoms with Gasteiger partial charge in [0.2, 0.25) is 0 Å². The second-order valence-corrected chi connectivity index (χ2v) is 5.06. The highest BCUT2D eigenvalue weighted by Crippen LogP contribution is 2.15. The smallest absolute Gasteiger partial charge is 0.168 e. The third kappa shape index (κ3) is 3.44. The number of anilines is 1. The van der Waals surface area contributed by atoms with Crippen LogP contribution in [0.5, 0.6) is 0 Å². The van der Waals surface area contributed by atoms with Crippen LogP contribution in [0.2, 0.25) is 0 Å². The predicted octanol–water partition coefficient (Wildman–Crippen LogP) is 3.14. The summed E-state index contributed by atoms with van der Waals surface area (Å²) >= 11 is 0. The molecule has 0 bridgehead atoms. The minimum atomic E-state index is 0.102. The maximum atomic E-state index is 12.3. The van der Waals surface area contributed by atoms with Crippen LogP contribution in [0.25, 0.3) is 0 Å². The van der Waals surface area contributed by atoms with E-state index < -0.39 is 0 Å². The maximum absolute atomic E-state index is 12.3. The van der Waals surface area contributed by atoms with Crippen molar-refractivity contribution in [2.45, 2.75) is 19.8 Å². The second-order valence-electron chi connectivity index (χ2n) is 5.06. The van der Waals surface area contributed by atoms with Gasteiger partial charge in [-0.3, -0.25) is 9.78 Å². The number of benzene rings is 1. The highest BCUT2D eigenvalue weighted by atomic mass is 16.1. The van der Waals surface area contributed by atoms with E-state index in [2.05, 4.69) is 11.9 Å². The lowest BCUT2D eigenvalue weighted by Crippen LogP contribution is -2.10. The largest absolute Gasteiger partial charge is 0.378 e. The molecule has 3 nitrogen and oxygen atoms in total. The number of carbonyl (C=O) groups excluding carboxylic acids is 1. The van der Waals surface area contributed by atoms with Crippen LogP contribution in [0.4, 0.5) is 5.69 Å². The van der Waals surface area contributed by atoms with E-state index in [0.29, 0.717) is 6.42 Å². The monoisotopic (exact) mass is 268 g/mol. The molecular weight excluding hydrogens is 248 g/mol. The van der Waals surface area contributed by atoms with E-state index in [-0.39, 0.29) is 5.78 Å². The van der Waals surface area contributed by atoms with Crippen molar-refractivity contribution in [1.29, 1.82) is 0 Å². The number of rotatable bonds is 5. The fraction of sp³-hybridized carbons (Fsp3) is 0.294. The first-order valence-electron chi connectivity index (χ1n) is 6.84. The molecule has 0 aliphatic heterocycles. The molecule has 0 radical (unpaired) electrons. The molecule has 0 fully saturated rings. The van der Waals surface area contributed by atoms with Crippen molar-refractivity contribution in [3.63, 3.8) is 0 Å². The summed E-state index contributed by atoms with van der Waals surface area (Å²) in [5.41, 5.74) is 3.78. The summed E-state index contributed by atoms with van der Waals surface area (Å²) in [4.78, 5) is 18.6. The Morgan fingerprint density at radius 2 is 2.00 bits per heavy atom. The molecule has 3 heteroatoms. The van der Waals surface area contributed by atoms with Crippen molar-refractivity contribution >= 4 is 11.5 Å². The molecule has 20 heavy (non-hydrogen) atoms.